The molecular weight excluding hydrogens is 355 g/mol. The van der Waals surface area contributed by atoms with Crippen molar-refractivity contribution in [1.82, 2.24) is 4.90 Å². The molecule has 1 aliphatic rings. The van der Waals surface area contributed by atoms with Crippen LogP contribution in [0, 0.1) is 13.8 Å². The number of carboxylic acids is 1. The number of aromatic hydroxyl groups is 1. The molecule has 0 saturated carbocycles. The molecule has 0 radical (unpaired) electrons. The molecular formula is C18H29N2O5P. The molecule has 1 aliphatic heterocycles. The van der Waals surface area contributed by atoms with Crippen LogP contribution in [0.1, 0.15) is 36.0 Å². The highest BCUT2D eigenvalue weighted by atomic mass is 31.2. The zero-order valence-corrected chi connectivity index (χ0v) is 16.3. The van der Waals surface area contributed by atoms with Gasteiger partial charge in [0, 0.05) is 25.8 Å². The summed E-state index contributed by atoms with van der Waals surface area (Å²) in [6.07, 6.45) is 1.26. The largest absolute Gasteiger partial charge is 0.507 e. The van der Waals surface area contributed by atoms with Gasteiger partial charge in [0.2, 0.25) is 7.37 Å². The second kappa shape index (κ2) is 8.09. The third-order valence-electron chi connectivity index (χ3n) is 5.27. The number of carboxylic acid groups (broad SMARTS) is 1. The highest BCUT2D eigenvalue weighted by molar-refractivity contribution is 7.61. The lowest BCUT2D eigenvalue weighted by atomic mass is 9.99. The minimum absolute atomic E-state index is 0.0298. The summed E-state index contributed by atoms with van der Waals surface area (Å²) in [6.45, 7) is 4.96. The lowest BCUT2D eigenvalue weighted by Gasteiger charge is -2.43. The third kappa shape index (κ3) is 4.12. The zero-order chi connectivity index (χ0) is 19.5. The average Bonchev–Trinajstić information content (AvgIpc) is 2.55. The Labute approximate surface area is 154 Å². The summed E-state index contributed by atoms with van der Waals surface area (Å²) in [4.78, 5) is 24.4. The van der Waals surface area contributed by atoms with Gasteiger partial charge in [-0.15, -0.1) is 0 Å². The van der Waals surface area contributed by atoms with Gasteiger partial charge < -0.3 is 20.8 Å². The molecule has 1 saturated heterocycles. The summed E-state index contributed by atoms with van der Waals surface area (Å²) >= 11 is 0. The van der Waals surface area contributed by atoms with Crippen LogP contribution in [0.25, 0.3) is 0 Å². The first kappa shape index (κ1) is 20.9. The van der Waals surface area contributed by atoms with Gasteiger partial charge in [0.05, 0.1) is 0 Å². The number of nitrogens with zero attached hydrogens (tertiary/aromatic N) is 1. The number of unbranched alkanes of at least 4 members (excludes halogenated alkanes) is 1. The summed E-state index contributed by atoms with van der Waals surface area (Å²) in [5.41, 5.74) is 7.97. The smallest absolute Gasteiger partial charge is 0.320 e. The quantitative estimate of drug-likeness (QED) is 0.419. The normalized spacial score (nSPS) is 26.8. The van der Waals surface area contributed by atoms with Crippen LogP contribution in [-0.4, -0.2) is 56.9 Å². The number of carbonyl (C=O) groups is 1. The van der Waals surface area contributed by atoms with Gasteiger partial charge in [-0.2, -0.15) is 0 Å². The predicted octanol–water partition coefficient (Wildman–Crippen LogP) is 2.05. The molecule has 1 heterocycles. The first-order chi connectivity index (χ1) is 12.1. The summed E-state index contributed by atoms with van der Waals surface area (Å²) < 4.78 is 12.8. The molecule has 2 unspecified atom stereocenters. The van der Waals surface area contributed by atoms with Crippen molar-refractivity contribution in [1.29, 1.82) is 0 Å². The van der Waals surface area contributed by atoms with Crippen molar-refractivity contribution < 1.29 is 24.5 Å². The van der Waals surface area contributed by atoms with Gasteiger partial charge in [-0.25, -0.2) is 0 Å². The molecule has 26 heavy (non-hydrogen) atoms. The molecule has 0 amide bonds. The van der Waals surface area contributed by atoms with Crippen molar-refractivity contribution in [3.63, 3.8) is 0 Å². The van der Waals surface area contributed by atoms with Crippen LogP contribution in [0.5, 0.6) is 5.75 Å². The van der Waals surface area contributed by atoms with Gasteiger partial charge in [0.1, 0.15) is 5.75 Å². The van der Waals surface area contributed by atoms with Gasteiger partial charge in [0.15, 0.2) is 5.16 Å². The van der Waals surface area contributed by atoms with Gasteiger partial charge in [-0.05, 0) is 49.9 Å². The molecule has 1 fully saturated rings. The number of nitrogens with two attached hydrogens (primary N) is 1. The van der Waals surface area contributed by atoms with Gasteiger partial charge >= 0.3 is 5.97 Å². The van der Waals surface area contributed by atoms with E-state index in [1.54, 1.807) is 0 Å². The first-order valence-electron chi connectivity index (χ1n) is 8.90. The van der Waals surface area contributed by atoms with Crippen LogP contribution in [0.4, 0.5) is 0 Å². The zero-order valence-electron chi connectivity index (χ0n) is 15.4. The van der Waals surface area contributed by atoms with Crippen molar-refractivity contribution in [2.75, 3.05) is 25.8 Å². The second-order valence-electron chi connectivity index (χ2n) is 7.30. The molecule has 0 bridgehead atoms. The Morgan fingerprint density at radius 2 is 1.92 bits per heavy atom. The average molecular weight is 384 g/mol. The number of hydrogen-bond donors (Lipinski definition) is 4. The SMILES string of the molecule is Cc1cc(CN2CCP(=O)(O)C(CCCCN)(C(=O)O)C2)cc(C)c1O. The molecule has 2 rings (SSSR count). The van der Waals surface area contributed by atoms with Crippen LogP contribution < -0.4 is 5.73 Å². The minimum Gasteiger partial charge on any atom is -0.507 e. The standard InChI is InChI=1S/C18H29N2O5P/c1-13-9-15(10-14(2)16(13)21)11-20-7-8-26(24,25)18(12-20,17(22)23)5-3-4-6-19/h9-10,21H,3-8,11-12,19H2,1-2H3,(H,22,23)(H,24,25). The third-order valence-corrected chi connectivity index (χ3v) is 7.97. The Kier molecular flexibility index (Phi) is 6.51. The van der Waals surface area contributed by atoms with Gasteiger partial charge in [-0.1, -0.05) is 18.6 Å². The van der Waals surface area contributed by atoms with Crippen LogP contribution >= 0.6 is 7.37 Å². The number of phenols is 1. The summed E-state index contributed by atoms with van der Waals surface area (Å²) in [5.74, 6) is -0.947. The van der Waals surface area contributed by atoms with E-state index in [4.69, 9.17) is 5.73 Å². The molecule has 0 spiro atoms. The maximum Gasteiger partial charge on any atom is 0.320 e. The Morgan fingerprint density at radius 3 is 2.46 bits per heavy atom. The number of hydrogen-bond acceptors (Lipinski definition) is 5. The van der Waals surface area contributed by atoms with E-state index < -0.39 is 18.5 Å². The van der Waals surface area contributed by atoms with Gasteiger partial charge in [0.25, 0.3) is 0 Å². The molecule has 7 nitrogen and oxygen atoms in total. The Bertz CT molecular complexity index is 701. The minimum atomic E-state index is -3.82. The van der Waals surface area contributed by atoms with Crippen molar-refractivity contribution in [2.45, 2.75) is 44.8 Å². The van der Waals surface area contributed by atoms with E-state index >= 15 is 0 Å². The van der Waals surface area contributed by atoms with Crippen molar-refractivity contribution in [3.8, 4) is 5.75 Å². The molecule has 1 aromatic carbocycles. The molecule has 2 atom stereocenters. The van der Waals surface area contributed by atoms with Crippen LogP contribution in [-0.2, 0) is 15.9 Å². The fourth-order valence-electron chi connectivity index (χ4n) is 3.72. The second-order valence-corrected chi connectivity index (χ2v) is 10.0. The summed E-state index contributed by atoms with van der Waals surface area (Å²) in [5, 5.41) is 18.1. The van der Waals surface area contributed by atoms with Crippen LogP contribution in [0.15, 0.2) is 12.1 Å². The molecule has 0 aliphatic carbocycles. The molecule has 0 aromatic heterocycles. The van der Waals surface area contributed by atoms with E-state index in [2.05, 4.69) is 0 Å². The Morgan fingerprint density at radius 1 is 1.31 bits per heavy atom. The molecule has 8 heteroatoms. The maximum atomic E-state index is 12.8. The Balaban J connectivity index is 2.25. The number of benzene rings is 1. The first-order valence-corrected chi connectivity index (χ1v) is 10.7. The summed E-state index contributed by atoms with van der Waals surface area (Å²) in [6, 6.07) is 3.73. The van der Waals surface area contributed by atoms with E-state index in [1.165, 1.54) is 0 Å². The lowest BCUT2D eigenvalue weighted by molar-refractivity contribution is -0.141. The summed E-state index contributed by atoms with van der Waals surface area (Å²) in [7, 11) is -3.82. The monoisotopic (exact) mass is 384 g/mol. The molecule has 5 N–H and O–H groups in total. The lowest BCUT2D eigenvalue weighted by Crippen LogP contribution is -2.53. The van der Waals surface area contributed by atoms with Crippen molar-refractivity contribution >= 4 is 13.3 Å². The number of aliphatic carboxylic acids is 1. The number of rotatable bonds is 7. The van der Waals surface area contributed by atoms with Gasteiger partial charge in [-0.3, -0.25) is 14.3 Å². The highest BCUT2D eigenvalue weighted by Crippen LogP contribution is 2.59. The predicted molar refractivity (Wildman–Crippen MR) is 101 cm³/mol. The van der Waals surface area contributed by atoms with E-state index in [0.29, 0.717) is 32.5 Å². The topological polar surface area (TPSA) is 124 Å². The van der Waals surface area contributed by atoms with E-state index in [9.17, 15) is 24.5 Å². The van der Waals surface area contributed by atoms with E-state index in [1.807, 2.05) is 30.9 Å². The van der Waals surface area contributed by atoms with E-state index in [-0.39, 0.29) is 24.9 Å². The van der Waals surface area contributed by atoms with E-state index in [0.717, 1.165) is 16.7 Å². The number of aryl methyl sites for hydroxylation is 2. The maximum absolute atomic E-state index is 12.8. The number of phenolic OH excluding ortho intramolecular Hbond substituents is 1. The van der Waals surface area contributed by atoms with Crippen LogP contribution in [0.3, 0.4) is 0 Å². The highest BCUT2D eigenvalue weighted by Gasteiger charge is 2.56. The van der Waals surface area contributed by atoms with Crippen molar-refractivity contribution in [3.05, 3.63) is 28.8 Å². The van der Waals surface area contributed by atoms with Crippen LogP contribution in [0.2, 0.25) is 0 Å². The molecule has 146 valence electrons. The molecule has 1 aromatic rings. The van der Waals surface area contributed by atoms with Crippen molar-refractivity contribution in [2.24, 2.45) is 5.73 Å². The fourth-order valence-corrected chi connectivity index (χ4v) is 5.93. The Hall–Kier alpha value is -1.40. The fraction of sp³-hybridized carbons (Fsp3) is 0.611.